The van der Waals surface area contributed by atoms with Crippen LogP contribution in [0.4, 0.5) is 0 Å². The monoisotopic (exact) mass is 149 g/mol. The van der Waals surface area contributed by atoms with E-state index in [9.17, 15) is 5.11 Å². The van der Waals surface area contributed by atoms with Crippen LogP contribution in [-0.4, -0.2) is 5.11 Å². The highest BCUT2D eigenvalue weighted by atomic mass is 16.3. The average Bonchev–Trinajstić information content (AvgIpc) is 2.06. The Morgan fingerprint density at radius 3 is 2.64 bits per heavy atom. The Morgan fingerprint density at radius 2 is 2.09 bits per heavy atom. The van der Waals surface area contributed by atoms with Gasteiger partial charge in [-0.3, -0.25) is 0 Å². The second kappa shape index (κ2) is 3.94. The summed E-state index contributed by atoms with van der Waals surface area (Å²) >= 11 is 0. The molecule has 0 amide bonds. The van der Waals surface area contributed by atoms with Crippen molar-refractivity contribution in [2.75, 3.05) is 0 Å². The third-order valence-corrected chi connectivity index (χ3v) is 1.39. The first-order valence-corrected chi connectivity index (χ1v) is 3.58. The summed E-state index contributed by atoms with van der Waals surface area (Å²) in [5, 5.41) is 9.57. The zero-order valence-electron chi connectivity index (χ0n) is 7.49. The van der Waals surface area contributed by atoms with Crippen molar-refractivity contribution in [3.63, 3.8) is 0 Å². The maximum atomic E-state index is 9.57. The molecule has 0 fully saturated rings. The van der Waals surface area contributed by atoms with Crippen LogP contribution in [0.25, 0.3) is 0 Å². The van der Waals surface area contributed by atoms with Crippen molar-refractivity contribution < 1.29 is 6.48 Å². The van der Waals surface area contributed by atoms with Gasteiger partial charge in [-0.25, -0.2) is 0 Å². The second-order valence-electron chi connectivity index (χ2n) is 2.25. The molecule has 0 heterocycles. The van der Waals surface area contributed by atoms with Crippen LogP contribution in [0, 0.1) is 0 Å². The summed E-state index contributed by atoms with van der Waals surface area (Å²) in [4.78, 5) is 0. The van der Waals surface area contributed by atoms with Crippen LogP contribution < -0.4 is 0 Å². The zero-order valence-corrected chi connectivity index (χ0v) is 6.49. The van der Waals surface area contributed by atoms with Gasteiger partial charge in [0.1, 0.15) is 0 Å². The fourth-order valence-electron chi connectivity index (χ4n) is 0.863. The van der Waals surface area contributed by atoms with Crippen LogP contribution in [0.1, 0.15) is 19.9 Å². The molecule has 1 aromatic carbocycles. The molecular weight excluding hydrogens is 136 g/mol. The van der Waals surface area contributed by atoms with E-state index in [1.54, 1.807) is 37.3 Å². The lowest BCUT2D eigenvalue weighted by Crippen LogP contribution is -1.90. The minimum atomic E-state index is -1.59. The van der Waals surface area contributed by atoms with Gasteiger partial charge in [-0.1, -0.05) is 42.5 Å². The molecule has 1 heteroatoms. The van der Waals surface area contributed by atoms with Crippen LogP contribution in [0.2, 0.25) is 0 Å². The average molecular weight is 149 g/mol. The van der Waals surface area contributed by atoms with E-state index in [1.807, 2.05) is 6.07 Å². The van der Waals surface area contributed by atoms with Gasteiger partial charge in [-0.05, 0) is 12.5 Å². The summed E-state index contributed by atoms with van der Waals surface area (Å²) in [5.41, 5.74) is 0.586. The van der Waals surface area contributed by atoms with Crippen LogP contribution in [-0.2, 0) is 0 Å². The smallest absolute Gasteiger partial charge is 0.0971 e. The highest BCUT2D eigenvalue weighted by Gasteiger charge is 1.99. The molecule has 1 rings (SSSR count). The van der Waals surface area contributed by atoms with Gasteiger partial charge < -0.3 is 5.11 Å². The van der Waals surface area contributed by atoms with Crippen molar-refractivity contribution in [1.82, 2.24) is 0 Å². The lowest BCUT2D eigenvalue weighted by molar-refractivity contribution is 0.228. The Balaban J connectivity index is 2.97. The molecule has 0 radical (unpaired) electrons. The molecule has 11 heavy (non-hydrogen) atoms. The molecule has 0 aromatic heterocycles. The van der Waals surface area contributed by atoms with Crippen LogP contribution in [0.15, 0.2) is 42.5 Å². The topological polar surface area (TPSA) is 20.2 Å². The molecule has 0 aliphatic heterocycles. The third kappa shape index (κ3) is 2.20. The van der Waals surface area contributed by atoms with E-state index in [0.29, 0.717) is 5.56 Å². The van der Waals surface area contributed by atoms with Gasteiger partial charge in [0.15, 0.2) is 0 Å². The molecule has 0 bridgehead atoms. The predicted molar refractivity (Wildman–Crippen MR) is 46.2 cm³/mol. The molecule has 0 saturated carbocycles. The molecule has 1 aromatic rings. The number of aliphatic hydroxyl groups is 1. The fraction of sp³-hybridized carbons (Fsp3) is 0.200. The van der Waals surface area contributed by atoms with Crippen molar-refractivity contribution >= 4 is 0 Å². The molecule has 0 aliphatic rings. The molecular formula is C10H12O. The van der Waals surface area contributed by atoms with Gasteiger partial charge in [-0.15, -0.1) is 0 Å². The summed E-state index contributed by atoms with van der Waals surface area (Å²) in [6.07, 6.45) is 1.53. The minimum Gasteiger partial charge on any atom is -0.384 e. The van der Waals surface area contributed by atoms with Crippen molar-refractivity contribution in [2.45, 2.75) is 13.0 Å². The van der Waals surface area contributed by atoms with Crippen molar-refractivity contribution in [2.24, 2.45) is 0 Å². The van der Waals surface area contributed by atoms with Gasteiger partial charge in [0.2, 0.25) is 0 Å². The van der Waals surface area contributed by atoms with Gasteiger partial charge in [0.05, 0.1) is 7.45 Å². The third-order valence-electron chi connectivity index (χ3n) is 1.39. The van der Waals surface area contributed by atoms with Crippen LogP contribution in [0.3, 0.4) is 0 Å². The van der Waals surface area contributed by atoms with E-state index in [0.717, 1.165) is 0 Å². The van der Waals surface area contributed by atoms with Crippen molar-refractivity contribution in [3.8, 4) is 0 Å². The second-order valence-corrected chi connectivity index (χ2v) is 2.25. The summed E-state index contributed by atoms with van der Waals surface area (Å²) < 4.78 is 7.54. The number of allylic oxidation sites excluding steroid dienone is 1. The molecule has 1 N–H and O–H groups in total. The van der Waals surface area contributed by atoms with E-state index in [4.69, 9.17) is 1.37 Å². The highest BCUT2D eigenvalue weighted by molar-refractivity contribution is 5.20. The lowest BCUT2D eigenvalue weighted by Gasteiger charge is -2.03. The van der Waals surface area contributed by atoms with E-state index < -0.39 is 6.08 Å². The van der Waals surface area contributed by atoms with E-state index in [1.165, 1.54) is 6.08 Å². The normalized spacial score (nSPS) is 17.8. The fourth-order valence-corrected chi connectivity index (χ4v) is 0.863. The SMILES string of the molecule is [2H]C(O)(/C=C/C)c1ccccc1. The minimum absolute atomic E-state index is 0.586. The molecule has 1 atom stereocenters. The summed E-state index contributed by atoms with van der Waals surface area (Å²) in [6.45, 7) is 1.78. The molecule has 0 saturated heterocycles. The highest BCUT2D eigenvalue weighted by Crippen LogP contribution is 2.12. The van der Waals surface area contributed by atoms with Gasteiger partial charge in [-0.2, -0.15) is 0 Å². The van der Waals surface area contributed by atoms with Gasteiger partial charge >= 0.3 is 0 Å². The molecule has 0 aliphatic carbocycles. The lowest BCUT2D eigenvalue weighted by atomic mass is 10.1. The Labute approximate surface area is 68.4 Å². The first kappa shape index (κ1) is 6.62. The zero-order chi connectivity index (χ0) is 9.03. The maximum absolute atomic E-state index is 9.57. The van der Waals surface area contributed by atoms with Gasteiger partial charge in [0.25, 0.3) is 0 Å². The number of rotatable bonds is 2. The van der Waals surface area contributed by atoms with E-state index >= 15 is 0 Å². The molecule has 0 spiro atoms. The van der Waals surface area contributed by atoms with Crippen LogP contribution >= 0.6 is 0 Å². The molecule has 1 unspecified atom stereocenters. The van der Waals surface area contributed by atoms with Gasteiger partial charge in [0, 0.05) is 0 Å². The first-order valence-electron chi connectivity index (χ1n) is 4.08. The first-order chi connectivity index (χ1) is 5.67. The Bertz CT molecular complexity index is 264. The number of hydrogen-bond donors (Lipinski definition) is 1. The summed E-state index contributed by atoms with van der Waals surface area (Å²) in [7, 11) is 0. The quantitative estimate of drug-likeness (QED) is 0.640. The predicted octanol–water partition coefficient (Wildman–Crippen LogP) is 2.30. The van der Waals surface area contributed by atoms with Crippen molar-refractivity contribution in [3.05, 3.63) is 48.0 Å². The standard InChI is InChI=1S/C10H12O/c1-2-6-10(11)9-7-4-3-5-8-9/h2-8,10-11H,1H3/b6-2+/i10D. The molecule has 58 valence electrons. The Morgan fingerprint density at radius 1 is 1.45 bits per heavy atom. The molecule has 1 nitrogen and oxygen atoms in total. The maximum Gasteiger partial charge on any atom is 0.0971 e. The largest absolute Gasteiger partial charge is 0.384 e. The summed E-state index contributed by atoms with van der Waals surface area (Å²) in [5.74, 6) is 0. The van der Waals surface area contributed by atoms with Crippen molar-refractivity contribution in [1.29, 1.82) is 0 Å². The Hall–Kier alpha value is -1.08. The van der Waals surface area contributed by atoms with E-state index in [-0.39, 0.29) is 0 Å². The van der Waals surface area contributed by atoms with E-state index in [2.05, 4.69) is 0 Å². The number of hydrogen-bond acceptors (Lipinski definition) is 1. The Kier molecular flexibility index (Phi) is 2.37. The number of benzene rings is 1. The van der Waals surface area contributed by atoms with Crippen LogP contribution in [0.5, 0.6) is 0 Å². The summed E-state index contributed by atoms with van der Waals surface area (Å²) in [6, 6.07) is 8.92.